The highest BCUT2D eigenvalue weighted by molar-refractivity contribution is 6.62. The molecule has 0 amide bonds. The van der Waals surface area contributed by atoms with Gasteiger partial charge in [0.1, 0.15) is 6.17 Å². The maximum Gasteiger partial charge on any atom is 0.498 e. The molecule has 3 aliphatic rings. The van der Waals surface area contributed by atoms with E-state index in [0.29, 0.717) is 12.6 Å². The zero-order valence-corrected chi connectivity index (χ0v) is 15.4. The first-order chi connectivity index (χ1) is 11.8. The second-order valence-electron chi connectivity index (χ2n) is 8.40. The second kappa shape index (κ2) is 6.04. The van der Waals surface area contributed by atoms with Crippen LogP contribution < -0.4 is 5.46 Å². The quantitative estimate of drug-likeness (QED) is 0.765. The van der Waals surface area contributed by atoms with Gasteiger partial charge in [-0.3, -0.25) is 9.58 Å². The molecule has 0 N–H and O–H groups in total. The summed E-state index contributed by atoms with van der Waals surface area (Å²) in [6, 6.07) is 0.158. The summed E-state index contributed by atoms with van der Waals surface area (Å²) in [4.78, 5) is 2.20. The lowest BCUT2D eigenvalue weighted by Crippen LogP contribution is -2.55. The van der Waals surface area contributed by atoms with Crippen LogP contribution in [0, 0.1) is 0 Å². The van der Waals surface area contributed by atoms with Crippen molar-refractivity contribution in [3.05, 3.63) is 12.4 Å². The molecule has 3 aliphatic heterocycles. The SMILES string of the molecule is CC1(C)OB(c2cnn([C@H]3CCN(C4COC4)C[C@@H]3F)c2)OC1(C)C. The summed E-state index contributed by atoms with van der Waals surface area (Å²) in [5.74, 6) is 0. The second-order valence-corrected chi connectivity index (χ2v) is 8.40. The van der Waals surface area contributed by atoms with Crippen molar-refractivity contribution in [2.75, 3.05) is 26.3 Å². The molecular formula is C17H27BFN3O3. The van der Waals surface area contributed by atoms with Crippen molar-refractivity contribution in [1.29, 1.82) is 0 Å². The minimum absolute atomic E-state index is 0.228. The number of piperidine rings is 1. The molecule has 0 aliphatic carbocycles. The van der Waals surface area contributed by atoms with Crippen molar-refractivity contribution in [1.82, 2.24) is 14.7 Å². The van der Waals surface area contributed by atoms with Crippen LogP contribution in [0.5, 0.6) is 0 Å². The molecule has 4 rings (SSSR count). The Morgan fingerprint density at radius 3 is 2.44 bits per heavy atom. The zero-order valence-electron chi connectivity index (χ0n) is 15.4. The topological polar surface area (TPSA) is 48.8 Å². The zero-order chi connectivity index (χ0) is 17.8. The van der Waals surface area contributed by atoms with Crippen LogP contribution in [0.25, 0.3) is 0 Å². The molecule has 2 atom stereocenters. The molecule has 3 saturated heterocycles. The van der Waals surface area contributed by atoms with Gasteiger partial charge in [-0.15, -0.1) is 0 Å². The highest BCUT2D eigenvalue weighted by Gasteiger charge is 2.52. The van der Waals surface area contributed by atoms with Gasteiger partial charge in [0.2, 0.25) is 0 Å². The van der Waals surface area contributed by atoms with Gasteiger partial charge in [-0.1, -0.05) is 0 Å². The van der Waals surface area contributed by atoms with E-state index in [-0.39, 0.29) is 6.04 Å². The summed E-state index contributed by atoms with van der Waals surface area (Å²) in [6.07, 6.45) is 3.44. The standard InChI is InChI=1S/C17H27BFN3O3/c1-16(2)17(3,4)25-18(24-16)12-7-20-22(8-12)15-5-6-21(9-14(15)19)13-10-23-11-13/h7-8,13-15H,5-6,9-11H2,1-4H3/t14-,15-/m0/s1. The average molecular weight is 351 g/mol. The first kappa shape index (κ1) is 17.5. The van der Waals surface area contributed by atoms with E-state index < -0.39 is 24.5 Å². The maximum atomic E-state index is 14.7. The maximum absolute atomic E-state index is 14.7. The lowest BCUT2D eigenvalue weighted by molar-refractivity contribution is -0.0847. The Morgan fingerprint density at radius 2 is 1.88 bits per heavy atom. The summed E-state index contributed by atoms with van der Waals surface area (Å²) < 4.78 is 33.8. The Morgan fingerprint density at radius 1 is 1.20 bits per heavy atom. The number of nitrogens with zero attached hydrogens (tertiary/aromatic N) is 3. The van der Waals surface area contributed by atoms with Gasteiger partial charge in [0.05, 0.1) is 36.5 Å². The molecule has 138 valence electrons. The molecule has 0 spiro atoms. The first-order valence-corrected chi connectivity index (χ1v) is 9.12. The van der Waals surface area contributed by atoms with Crippen LogP contribution >= 0.6 is 0 Å². The smallest absolute Gasteiger partial charge is 0.399 e. The molecule has 1 aromatic heterocycles. The Hall–Kier alpha value is -0.955. The minimum atomic E-state index is -0.930. The molecule has 0 bridgehead atoms. The van der Waals surface area contributed by atoms with Crippen LogP contribution in [0.3, 0.4) is 0 Å². The van der Waals surface area contributed by atoms with E-state index in [2.05, 4.69) is 10.00 Å². The van der Waals surface area contributed by atoms with Crippen molar-refractivity contribution < 1.29 is 18.4 Å². The van der Waals surface area contributed by atoms with Crippen LogP contribution in [0.4, 0.5) is 4.39 Å². The van der Waals surface area contributed by atoms with Crippen molar-refractivity contribution in [3.63, 3.8) is 0 Å². The Labute approximate surface area is 148 Å². The Bertz CT molecular complexity index is 618. The number of aromatic nitrogens is 2. The fourth-order valence-electron chi connectivity index (χ4n) is 3.61. The van der Waals surface area contributed by atoms with Gasteiger partial charge in [0, 0.05) is 30.9 Å². The summed E-state index contributed by atoms with van der Waals surface area (Å²) in [5, 5.41) is 4.41. The van der Waals surface area contributed by atoms with Crippen LogP contribution in [-0.4, -0.2) is 71.5 Å². The average Bonchev–Trinajstić information content (AvgIpc) is 3.01. The third kappa shape index (κ3) is 3.03. The highest BCUT2D eigenvalue weighted by atomic mass is 19.1. The monoisotopic (exact) mass is 351 g/mol. The summed E-state index contributed by atoms with van der Waals surface area (Å²) in [7, 11) is -0.455. The highest BCUT2D eigenvalue weighted by Crippen LogP contribution is 2.36. The third-order valence-electron chi connectivity index (χ3n) is 6.16. The molecule has 25 heavy (non-hydrogen) atoms. The fraction of sp³-hybridized carbons (Fsp3) is 0.824. The van der Waals surface area contributed by atoms with Crippen molar-refractivity contribution >= 4 is 12.6 Å². The van der Waals surface area contributed by atoms with Crippen molar-refractivity contribution in [2.24, 2.45) is 0 Å². The van der Waals surface area contributed by atoms with Crippen LogP contribution in [0.2, 0.25) is 0 Å². The molecule has 0 radical (unpaired) electrons. The minimum Gasteiger partial charge on any atom is -0.399 e. The number of likely N-dealkylation sites (tertiary alicyclic amines) is 1. The number of ether oxygens (including phenoxy) is 1. The van der Waals surface area contributed by atoms with Gasteiger partial charge >= 0.3 is 7.12 Å². The first-order valence-electron chi connectivity index (χ1n) is 9.12. The Balaban J connectivity index is 1.43. The van der Waals surface area contributed by atoms with Crippen molar-refractivity contribution in [3.8, 4) is 0 Å². The summed E-state index contributed by atoms with van der Waals surface area (Å²) >= 11 is 0. The van der Waals surface area contributed by atoms with Gasteiger partial charge in [0.25, 0.3) is 0 Å². The van der Waals surface area contributed by atoms with Crippen LogP contribution in [0.1, 0.15) is 40.2 Å². The molecule has 0 aromatic carbocycles. The molecule has 1 aromatic rings. The van der Waals surface area contributed by atoms with E-state index in [1.807, 2.05) is 33.9 Å². The molecule has 0 unspecified atom stereocenters. The predicted molar refractivity (Wildman–Crippen MR) is 92.7 cm³/mol. The van der Waals surface area contributed by atoms with Crippen molar-refractivity contribution in [2.45, 2.75) is 63.6 Å². The molecule has 0 saturated carbocycles. The van der Waals surface area contributed by atoms with Gasteiger partial charge in [-0.05, 0) is 34.1 Å². The van der Waals surface area contributed by atoms with Gasteiger partial charge < -0.3 is 14.0 Å². The van der Waals surface area contributed by atoms with E-state index in [0.717, 1.165) is 31.6 Å². The number of alkyl halides is 1. The van der Waals surface area contributed by atoms with Crippen LogP contribution in [-0.2, 0) is 14.0 Å². The molecule has 8 heteroatoms. The summed E-state index contributed by atoms with van der Waals surface area (Å²) in [5.41, 5.74) is 0.0672. The molecule has 6 nitrogen and oxygen atoms in total. The lowest BCUT2D eigenvalue weighted by Gasteiger charge is -2.42. The summed E-state index contributed by atoms with van der Waals surface area (Å²) in [6.45, 7) is 10.9. The van der Waals surface area contributed by atoms with E-state index in [4.69, 9.17) is 14.0 Å². The predicted octanol–water partition coefficient (Wildman–Crippen LogP) is 1.17. The largest absolute Gasteiger partial charge is 0.498 e. The van der Waals surface area contributed by atoms with Crippen LogP contribution in [0.15, 0.2) is 12.4 Å². The lowest BCUT2D eigenvalue weighted by atomic mass is 9.82. The molecule has 3 fully saturated rings. The third-order valence-corrected chi connectivity index (χ3v) is 6.16. The van der Waals surface area contributed by atoms with Gasteiger partial charge in [0.15, 0.2) is 0 Å². The van der Waals surface area contributed by atoms with E-state index >= 15 is 0 Å². The van der Waals surface area contributed by atoms with E-state index in [9.17, 15) is 4.39 Å². The van der Waals surface area contributed by atoms with Gasteiger partial charge in [-0.25, -0.2) is 4.39 Å². The van der Waals surface area contributed by atoms with E-state index in [1.54, 1.807) is 10.9 Å². The number of halogens is 1. The normalized spacial score (nSPS) is 32.8. The van der Waals surface area contributed by atoms with Gasteiger partial charge in [-0.2, -0.15) is 5.10 Å². The number of hydrogen-bond donors (Lipinski definition) is 0. The Kier molecular flexibility index (Phi) is 4.22. The number of rotatable bonds is 3. The molecular weight excluding hydrogens is 324 g/mol. The molecule has 4 heterocycles. The number of hydrogen-bond acceptors (Lipinski definition) is 5. The fourth-order valence-corrected chi connectivity index (χ4v) is 3.61. The van der Waals surface area contributed by atoms with E-state index in [1.165, 1.54) is 0 Å².